The van der Waals surface area contributed by atoms with Gasteiger partial charge in [0.15, 0.2) is 0 Å². The van der Waals surface area contributed by atoms with Crippen LogP contribution in [0, 0.1) is 35.5 Å². The molecule has 4 nitrogen and oxygen atoms in total. The van der Waals surface area contributed by atoms with Gasteiger partial charge < -0.3 is 9.80 Å². The van der Waals surface area contributed by atoms with E-state index in [1.54, 1.807) is 0 Å². The molecule has 3 aliphatic carbocycles. The molecular weight excluding hydrogens is 300 g/mol. The third-order valence-corrected chi connectivity index (χ3v) is 7.84. The van der Waals surface area contributed by atoms with Gasteiger partial charge in [-0.15, -0.1) is 0 Å². The summed E-state index contributed by atoms with van der Waals surface area (Å²) < 4.78 is 0. The monoisotopic (exact) mass is 330 g/mol. The first-order valence-electron chi connectivity index (χ1n) is 10.3. The molecule has 5 atom stereocenters. The van der Waals surface area contributed by atoms with Gasteiger partial charge in [0.05, 0.1) is 0 Å². The SMILES string of the molecule is O=C(C1CCN(C(=O)C2[C@@H]3[C@H]4CC[C@@H](C4)[C@H]23)CC1)N1CCCCC1. The van der Waals surface area contributed by atoms with E-state index in [4.69, 9.17) is 0 Å². The van der Waals surface area contributed by atoms with Crippen LogP contribution in [0.15, 0.2) is 0 Å². The summed E-state index contributed by atoms with van der Waals surface area (Å²) >= 11 is 0. The molecule has 0 radical (unpaired) electrons. The van der Waals surface area contributed by atoms with Crippen LogP contribution in [0.5, 0.6) is 0 Å². The molecule has 2 saturated heterocycles. The summed E-state index contributed by atoms with van der Waals surface area (Å²) in [5.41, 5.74) is 0. The summed E-state index contributed by atoms with van der Waals surface area (Å²) in [4.78, 5) is 29.7. The zero-order valence-electron chi connectivity index (χ0n) is 14.7. The van der Waals surface area contributed by atoms with E-state index < -0.39 is 0 Å². The molecule has 5 fully saturated rings. The lowest BCUT2D eigenvalue weighted by atomic mass is 9.93. The van der Waals surface area contributed by atoms with E-state index in [0.29, 0.717) is 17.7 Å². The molecule has 0 aromatic rings. The highest BCUT2D eigenvalue weighted by Gasteiger charge is 2.68. The molecule has 5 rings (SSSR count). The van der Waals surface area contributed by atoms with Crippen molar-refractivity contribution in [2.24, 2.45) is 35.5 Å². The maximum absolute atomic E-state index is 12.9. The van der Waals surface area contributed by atoms with Crippen molar-refractivity contribution >= 4 is 11.8 Å². The maximum atomic E-state index is 12.9. The Bertz CT molecular complexity index is 518. The molecular formula is C20H30N2O2. The van der Waals surface area contributed by atoms with Gasteiger partial charge in [-0.05, 0) is 75.0 Å². The Labute approximate surface area is 144 Å². The van der Waals surface area contributed by atoms with Crippen LogP contribution in [0.25, 0.3) is 0 Å². The van der Waals surface area contributed by atoms with Gasteiger partial charge in [-0.25, -0.2) is 0 Å². The van der Waals surface area contributed by atoms with E-state index in [9.17, 15) is 9.59 Å². The predicted octanol–water partition coefficient (Wildman–Crippen LogP) is 2.53. The van der Waals surface area contributed by atoms with Crippen LogP contribution in [-0.2, 0) is 9.59 Å². The fraction of sp³-hybridized carbons (Fsp3) is 0.900. The number of amides is 2. The van der Waals surface area contributed by atoms with Gasteiger partial charge >= 0.3 is 0 Å². The van der Waals surface area contributed by atoms with E-state index in [-0.39, 0.29) is 5.92 Å². The summed E-state index contributed by atoms with van der Waals surface area (Å²) in [6, 6.07) is 0. The number of hydrogen-bond acceptors (Lipinski definition) is 2. The smallest absolute Gasteiger partial charge is 0.226 e. The summed E-state index contributed by atoms with van der Waals surface area (Å²) in [6.07, 6.45) is 9.52. The van der Waals surface area contributed by atoms with E-state index >= 15 is 0 Å². The third kappa shape index (κ3) is 2.32. The Hall–Kier alpha value is -1.06. The first kappa shape index (κ1) is 15.2. The van der Waals surface area contributed by atoms with Crippen LogP contribution in [0.1, 0.15) is 51.4 Å². The maximum Gasteiger partial charge on any atom is 0.226 e. The van der Waals surface area contributed by atoms with Crippen molar-refractivity contribution in [3.63, 3.8) is 0 Å². The minimum atomic E-state index is 0.169. The Morgan fingerprint density at radius 1 is 0.667 bits per heavy atom. The molecule has 132 valence electrons. The number of hydrogen-bond donors (Lipinski definition) is 0. The molecule has 5 aliphatic rings. The van der Waals surface area contributed by atoms with Crippen molar-refractivity contribution < 1.29 is 9.59 Å². The fourth-order valence-electron chi connectivity index (χ4n) is 6.59. The second-order valence-electron chi connectivity index (χ2n) is 9.00. The number of carbonyl (C=O) groups excluding carboxylic acids is 2. The van der Waals surface area contributed by atoms with Gasteiger partial charge in [-0.3, -0.25) is 9.59 Å². The Morgan fingerprint density at radius 2 is 1.25 bits per heavy atom. The molecule has 0 aromatic heterocycles. The van der Waals surface area contributed by atoms with Crippen molar-refractivity contribution in [2.75, 3.05) is 26.2 Å². The molecule has 2 aliphatic heterocycles. The lowest BCUT2D eigenvalue weighted by Gasteiger charge is -2.36. The van der Waals surface area contributed by atoms with Crippen LogP contribution in [0.4, 0.5) is 0 Å². The largest absolute Gasteiger partial charge is 0.342 e. The van der Waals surface area contributed by atoms with Crippen molar-refractivity contribution in [1.29, 1.82) is 0 Å². The summed E-state index contributed by atoms with van der Waals surface area (Å²) in [5.74, 6) is 4.55. The molecule has 0 N–H and O–H groups in total. The van der Waals surface area contributed by atoms with Crippen LogP contribution in [0.3, 0.4) is 0 Å². The molecule has 4 heteroatoms. The quantitative estimate of drug-likeness (QED) is 0.781. The standard InChI is InChI=1S/C20H30N2O2/c23-19(21-8-2-1-3-9-21)13-6-10-22(11-7-13)20(24)18-16-14-4-5-15(12-14)17(16)18/h13-18H,1-12H2/t14-,15-,16-,17+,18?/m0/s1. The number of likely N-dealkylation sites (tertiary alicyclic amines) is 2. The number of carbonyl (C=O) groups is 2. The predicted molar refractivity (Wildman–Crippen MR) is 91.0 cm³/mol. The van der Waals surface area contributed by atoms with Crippen LogP contribution in [-0.4, -0.2) is 47.8 Å². The van der Waals surface area contributed by atoms with Crippen molar-refractivity contribution in [1.82, 2.24) is 9.80 Å². The fourth-order valence-corrected chi connectivity index (χ4v) is 6.59. The lowest BCUT2D eigenvalue weighted by molar-refractivity contribution is -0.142. The van der Waals surface area contributed by atoms with Crippen molar-refractivity contribution in [2.45, 2.75) is 51.4 Å². The Kier molecular flexibility index (Phi) is 3.64. The minimum absolute atomic E-state index is 0.169. The first-order valence-corrected chi connectivity index (χ1v) is 10.3. The summed E-state index contributed by atoms with van der Waals surface area (Å²) in [6.45, 7) is 3.53. The zero-order chi connectivity index (χ0) is 16.3. The average molecular weight is 330 g/mol. The molecule has 2 heterocycles. The summed E-state index contributed by atoms with van der Waals surface area (Å²) in [5, 5.41) is 0. The molecule has 2 bridgehead atoms. The van der Waals surface area contributed by atoms with Gasteiger partial charge in [0, 0.05) is 38.0 Å². The third-order valence-electron chi connectivity index (χ3n) is 7.84. The number of piperidine rings is 2. The number of fused-ring (bicyclic) bond motifs is 5. The van der Waals surface area contributed by atoms with E-state index in [0.717, 1.165) is 75.5 Å². The number of rotatable bonds is 2. The van der Waals surface area contributed by atoms with Crippen molar-refractivity contribution in [3.05, 3.63) is 0 Å². The van der Waals surface area contributed by atoms with Gasteiger partial charge in [-0.1, -0.05) is 0 Å². The second kappa shape index (κ2) is 5.74. The summed E-state index contributed by atoms with van der Waals surface area (Å²) in [7, 11) is 0. The molecule has 0 aromatic carbocycles. The molecule has 1 unspecified atom stereocenters. The zero-order valence-corrected chi connectivity index (χ0v) is 14.7. The number of nitrogens with zero attached hydrogens (tertiary/aromatic N) is 2. The Morgan fingerprint density at radius 3 is 1.88 bits per heavy atom. The van der Waals surface area contributed by atoms with Gasteiger partial charge in [0.25, 0.3) is 0 Å². The van der Waals surface area contributed by atoms with Crippen LogP contribution < -0.4 is 0 Å². The van der Waals surface area contributed by atoms with E-state index in [1.165, 1.54) is 25.7 Å². The highest BCUT2D eigenvalue weighted by Crippen LogP contribution is 2.69. The topological polar surface area (TPSA) is 40.6 Å². The Balaban J connectivity index is 1.15. The lowest BCUT2D eigenvalue weighted by Crippen LogP contribution is -2.46. The molecule has 24 heavy (non-hydrogen) atoms. The van der Waals surface area contributed by atoms with Crippen molar-refractivity contribution in [3.8, 4) is 0 Å². The normalized spacial score (nSPS) is 41.4. The average Bonchev–Trinajstić information content (AvgIpc) is 3.07. The first-order chi connectivity index (χ1) is 11.7. The van der Waals surface area contributed by atoms with Gasteiger partial charge in [0.1, 0.15) is 0 Å². The van der Waals surface area contributed by atoms with E-state index in [2.05, 4.69) is 9.80 Å². The van der Waals surface area contributed by atoms with Gasteiger partial charge in [0.2, 0.25) is 11.8 Å². The highest BCUT2D eigenvalue weighted by molar-refractivity contribution is 5.84. The molecule has 3 saturated carbocycles. The van der Waals surface area contributed by atoms with Crippen LogP contribution in [0.2, 0.25) is 0 Å². The van der Waals surface area contributed by atoms with E-state index in [1.807, 2.05) is 0 Å². The minimum Gasteiger partial charge on any atom is -0.342 e. The molecule has 2 amide bonds. The highest BCUT2D eigenvalue weighted by atomic mass is 16.2. The van der Waals surface area contributed by atoms with Crippen LogP contribution >= 0.6 is 0 Å². The molecule has 0 spiro atoms. The second-order valence-corrected chi connectivity index (χ2v) is 9.00. The van der Waals surface area contributed by atoms with Gasteiger partial charge in [-0.2, -0.15) is 0 Å².